The van der Waals surface area contributed by atoms with Gasteiger partial charge < -0.3 is 15.4 Å². The monoisotopic (exact) mass is 314 g/mol. The molecule has 1 unspecified atom stereocenters. The van der Waals surface area contributed by atoms with E-state index in [1.165, 1.54) is 0 Å². The summed E-state index contributed by atoms with van der Waals surface area (Å²) in [6.07, 6.45) is 9.71. The van der Waals surface area contributed by atoms with Gasteiger partial charge in [-0.25, -0.2) is 9.97 Å². The first-order chi connectivity index (χ1) is 11.3. The maximum absolute atomic E-state index is 5.61. The van der Waals surface area contributed by atoms with E-state index in [0.29, 0.717) is 12.6 Å². The van der Waals surface area contributed by atoms with Crippen LogP contribution in [-0.4, -0.2) is 46.8 Å². The van der Waals surface area contributed by atoms with E-state index in [1.807, 2.05) is 22.9 Å². The minimum absolute atomic E-state index is 0.294. The van der Waals surface area contributed by atoms with Gasteiger partial charge in [0.05, 0.1) is 6.10 Å². The summed E-state index contributed by atoms with van der Waals surface area (Å²) in [5.41, 5.74) is 1.13. The van der Waals surface area contributed by atoms with Crippen molar-refractivity contribution in [1.29, 1.82) is 0 Å². The van der Waals surface area contributed by atoms with Crippen molar-refractivity contribution in [1.82, 2.24) is 25.2 Å². The number of pyridine rings is 1. The third-order valence-electron chi connectivity index (χ3n) is 3.78. The van der Waals surface area contributed by atoms with Crippen molar-refractivity contribution < 1.29 is 4.74 Å². The Morgan fingerprint density at radius 3 is 3.13 bits per heavy atom. The van der Waals surface area contributed by atoms with Gasteiger partial charge in [0.15, 0.2) is 5.96 Å². The zero-order valence-electron chi connectivity index (χ0n) is 13.3. The summed E-state index contributed by atoms with van der Waals surface area (Å²) in [5, 5.41) is 6.62. The molecule has 1 aliphatic heterocycles. The van der Waals surface area contributed by atoms with Crippen LogP contribution in [0.2, 0.25) is 0 Å². The molecule has 2 aromatic heterocycles. The highest BCUT2D eigenvalue weighted by Gasteiger charge is 2.15. The number of hydrogen-bond donors (Lipinski definition) is 2. The summed E-state index contributed by atoms with van der Waals surface area (Å²) in [7, 11) is 1.77. The van der Waals surface area contributed by atoms with Crippen LogP contribution < -0.4 is 10.6 Å². The zero-order chi connectivity index (χ0) is 15.9. The van der Waals surface area contributed by atoms with Crippen LogP contribution in [0.4, 0.5) is 0 Å². The Bertz CT molecular complexity index is 634. The van der Waals surface area contributed by atoms with Gasteiger partial charge in [-0.15, -0.1) is 0 Å². The normalized spacial score (nSPS) is 18.1. The summed E-state index contributed by atoms with van der Waals surface area (Å²) in [6, 6.07) is 4.02. The molecular weight excluding hydrogens is 292 g/mol. The number of ether oxygens (including phenoxy) is 1. The third-order valence-corrected chi connectivity index (χ3v) is 3.78. The summed E-state index contributed by atoms with van der Waals surface area (Å²) in [6.45, 7) is 2.33. The molecule has 1 aliphatic rings. The third kappa shape index (κ3) is 4.29. The smallest absolute Gasteiger partial charge is 0.191 e. The van der Waals surface area contributed by atoms with Crippen LogP contribution >= 0.6 is 0 Å². The number of rotatable bonds is 5. The molecule has 0 aromatic carbocycles. The number of aromatic nitrogens is 3. The van der Waals surface area contributed by atoms with E-state index in [1.54, 1.807) is 25.8 Å². The zero-order valence-corrected chi connectivity index (χ0v) is 13.3. The Morgan fingerprint density at radius 1 is 1.43 bits per heavy atom. The van der Waals surface area contributed by atoms with Crippen molar-refractivity contribution in [2.45, 2.75) is 25.5 Å². The molecule has 0 radical (unpaired) electrons. The maximum atomic E-state index is 5.61. The molecule has 122 valence electrons. The fourth-order valence-electron chi connectivity index (χ4n) is 2.53. The molecule has 1 atom stereocenters. The molecule has 1 saturated heterocycles. The van der Waals surface area contributed by atoms with Gasteiger partial charge in [0, 0.05) is 45.3 Å². The lowest BCUT2D eigenvalue weighted by atomic mass is 10.2. The van der Waals surface area contributed by atoms with Gasteiger partial charge in [0.1, 0.15) is 12.1 Å². The highest BCUT2D eigenvalue weighted by Crippen LogP contribution is 2.10. The first kappa shape index (κ1) is 15.5. The largest absolute Gasteiger partial charge is 0.376 e. The maximum Gasteiger partial charge on any atom is 0.191 e. The second-order valence-corrected chi connectivity index (χ2v) is 5.43. The number of nitrogens with one attached hydrogen (secondary N) is 2. The highest BCUT2D eigenvalue weighted by atomic mass is 16.5. The molecule has 2 N–H and O–H groups in total. The summed E-state index contributed by atoms with van der Waals surface area (Å²) in [4.78, 5) is 12.6. The lowest BCUT2D eigenvalue weighted by Gasteiger charge is -2.15. The van der Waals surface area contributed by atoms with Crippen LogP contribution in [0.3, 0.4) is 0 Å². The summed E-state index contributed by atoms with van der Waals surface area (Å²) < 4.78 is 7.49. The minimum atomic E-state index is 0.294. The number of guanidine groups is 1. The molecule has 2 aromatic rings. The Hall–Kier alpha value is -2.41. The standard InChI is InChI=1S/C16H22N6O/c1-17-16(21-11-14-3-2-8-23-14)20-10-13-4-5-19-15(9-13)22-7-6-18-12-22/h4-7,9,12,14H,2-3,8,10-11H2,1H3,(H2,17,20,21). The van der Waals surface area contributed by atoms with Crippen LogP contribution in [-0.2, 0) is 11.3 Å². The first-order valence-electron chi connectivity index (χ1n) is 7.84. The van der Waals surface area contributed by atoms with E-state index in [4.69, 9.17) is 4.74 Å². The van der Waals surface area contributed by atoms with Crippen molar-refractivity contribution in [2.75, 3.05) is 20.2 Å². The van der Waals surface area contributed by atoms with Gasteiger partial charge in [-0.3, -0.25) is 9.56 Å². The molecule has 0 bridgehead atoms. The molecule has 3 rings (SSSR count). The van der Waals surface area contributed by atoms with E-state index in [-0.39, 0.29) is 0 Å². The average Bonchev–Trinajstić information content (AvgIpc) is 3.29. The van der Waals surface area contributed by atoms with Gasteiger partial charge in [-0.05, 0) is 30.5 Å². The fraction of sp³-hybridized carbons (Fsp3) is 0.438. The number of aliphatic imine (C=N–C) groups is 1. The lowest BCUT2D eigenvalue weighted by Crippen LogP contribution is -2.40. The number of nitrogens with zero attached hydrogens (tertiary/aromatic N) is 4. The quantitative estimate of drug-likeness (QED) is 0.639. The van der Waals surface area contributed by atoms with E-state index < -0.39 is 0 Å². The van der Waals surface area contributed by atoms with E-state index in [9.17, 15) is 0 Å². The van der Waals surface area contributed by atoms with E-state index >= 15 is 0 Å². The molecule has 7 heteroatoms. The van der Waals surface area contributed by atoms with Crippen molar-refractivity contribution in [3.05, 3.63) is 42.6 Å². The van der Waals surface area contributed by atoms with E-state index in [0.717, 1.165) is 43.3 Å². The molecular formula is C16H22N6O. The van der Waals surface area contributed by atoms with Gasteiger partial charge >= 0.3 is 0 Å². The van der Waals surface area contributed by atoms with Crippen LogP contribution in [0, 0.1) is 0 Å². The van der Waals surface area contributed by atoms with Gasteiger partial charge in [0.25, 0.3) is 0 Å². The minimum Gasteiger partial charge on any atom is -0.376 e. The second kappa shape index (κ2) is 7.73. The molecule has 0 amide bonds. The summed E-state index contributed by atoms with van der Waals surface area (Å²) >= 11 is 0. The van der Waals surface area contributed by atoms with Crippen molar-refractivity contribution in [3.63, 3.8) is 0 Å². The lowest BCUT2D eigenvalue weighted by molar-refractivity contribution is 0.114. The number of imidazole rings is 1. The van der Waals surface area contributed by atoms with Crippen LogP contribution in [0.5, 0.6) is 0 Å². The van der Waals surface area contributed by atoms with Crippen LogP contribution in [0.1, 0.15) is 18.4 Å². The molecule has 23 heavy (non-hydrogen) atoms. The molecule has 7 nitrogen and oxygen atoms in total. The molecule has 0 spiro atoms. The average molecular weight is 314 g/mol. The molecule has 3 heterocycles. The highest BCUT2D eigenvalue weighted by molar-refractivity contribution is 5.79. The summed E-state index contributed by atoms with van der Waals surface area (Å²) in [5.74, 6) is 1.63. The Labute approximate surface area is 135 Å². The predicted molar refractivity (Wildman–Crippen MR) is 88.5 cm³/mol. The van der Waals surface area contributed by atoms with Crippen LogP contribution in [0.25, 0.3) is 5.82 Å². The first-order valence-corrected chi connectivity index (χ1v) is 7.84. The van der Waals surface area contributed by atoms with Crippen molar-refractivity contribution in [3.8, 4) is 5.82 Å². The number of hydrogen-bond acceptors (Lipinski definition) is 4. The van der Waals surface area contributed by atoms with Gasteiger partial charge in [0.2, 0.25) is 0 Å². The van der Waals surface area contributed by atoms with Crippen molar-refractivity contribution in [2.24, 2.45) is 4.99 Å². The van der Waals surface area contributed by atoms with Crippen LogP contribution in [0.15, 0.2) is 42.0 Å². The topological polar surface area (TPSA) is 76.4 Å². The van der Waals surface area contributed by atoms with Gasteiger partial charge in [-0.2, -0.15) is 0 Å². The Kier molecular flexibility index (Phi) is 5.21. The molecule has 0 saturated carbocycles. The Balaban J connectivity index is 1.53. The second-order valence-electron chi connectivity index (χ2n) is 5.43. The van der Waals surface area contributed by atoms with E-state index in [2.05, 4.69) is 25.6 Å². The fourth-order valence-corrected chi connectivity index (χ4v) is 2.53. The molecule has 0 aliphatic carbocycles. The predicted octanol–water partition coefficient (Wildman–Crippen LogP) is 1.11. The molecule has 1 fully saturated rings. The SMILES string of the molecule is CN=C(NCc1ccnc(-n2ccnc2)c1)NCC1CCCO1. The van der Waals surface area contributed by atoms with Crippen molar-refractivity contribution >= 4 is 5.96 Å². The van der Waals surface area contributed by atoms with Gasteiger partial charge in [-0.1, -0.05) is 0 Å². The Morgan fingerprint density at radius 2 is 2.39 bits per heavy atom.